The number of benzene rings is 2. The third-order valence-corrected chi connectivity index (χ3v) is 5.13. The molecule has 2 atom stereocenters. The third kappa shape index (κ3) is 4.12. The van der Waals surface area contributed by atoms with Crippen molar-refractivity contribution < 1.29 is 19.1 Å². The second kappa shape index (κ2) is 8.41. The van der Waals surface area contributed by atoms with Crippen molar-refractivity contribution in [3.8, 4) is 0 Å². The second-order valence-electron chi connectivity index (χ2n) is 7.11. The first-order valence-corrected chi connectivity index (χ1v) is 9.53. The van der Waals surface area contributed by atoms with Gasteiger partial charge >= 0.3 is 6.09 Å². The monoisotopic (exact) mass is 395 g/mol. The summed E-state index contributed by atoms with van der Waals surface area (Å²) in [6.45, 7) is 4.09. The fraction of sp³-hybridized carbons (Fsp3) is 0.217. The maximum Gasteiger partial charge on any atom is 0.523 e. The number of para-hydroxylation sites is 1. The van der Waals surface area contributed by atoms with Crippen molar-refractivity contribution in [2.24, 2.45) is 0 Å². The molecule has 1 aliphatic rings. The lowest BCUT2D eigenvalue weighted by Gasteiger charge is -2.23. The Kier molecular flexibility index (Phi) is 5.94. The molecule has 6 heteroatoms. The van der Waals surface area contributed by atoms with Crippen LogP contribution in [-0.4, -0.2) is 29.7 Å². The number of carbonyl (C=O) groups is 2. The number of hydrogen-bond acceptors (Lipinski definition) is 2. The Labute approximate surface area is 169 Å². The fourth-order valence-corrected chi connectivity index (χ4v) is 3.66. The maximum atomic E-state index is 13.6. The zero-order valence-corrected chi connectivity index (χ0v) is 16.4. The van der Waals surface area contributed by atoms with Crippen LogP contribution in [0.1, 0.15) is 31.4 Å². The number of nitrogens with one attached hydrogen (secondary N) is 1. The second-order valence-corrected chi connectivity index (χ2v) is 7.11. The molecule has 0 spiro atoms. The molecule has 5 nitrogen and oxygen atoms in total. The summed E-state index contributed by atoms with van der Waals surface area (Å²) < 4.78 is 13.4. The predicted molar refractivity (Wildman–Crippen MR) is 112 cm³/mol. The van der Waals surface area contributed by atoms with E-state index in [1.54, 1.807) is 24.4 Å². The molecule has 2 aromatic rings. The van der Waals surface area contributed by atoms with E-state index in [1.807, 2.05) is 38.1 Å². The number of hydrogen-bond donors (Lipinski definition) is 2. The molecule has 2 aromatic carbocycles. The molecule has 2 N–H and O–H groups in total. The highest BCUT2D eigenvalue weighted by Crippen LogP contribution is 2.42. The molecule has 1 heterocycles. The first-order chi connectivity index (χ1) is 13.9. The van der Waals surface area contributed by atoms with Crippen LogP contribution in [0.25, 0.3) is 11.6 Å². The van der Waals surface area contributed by atoms with Gasteiger partial charge in [-0.05, 0) is 38.5 Å². The van der Waals surface area contributed by atoms with Crippen LogP contribution < -0.4 is 9.80 Å². The summed E-state index contributed by atoms with van der Waals surface area (Å²) >= 11 is 0. The van der Waals surface area contributed by atoms with Gasteiger partial charge < -0.3 is 10.4 Å². The van der Waals surface area contributed by atoms with E-state index in [4.69, 9.17) is 0 Å². The van der Waals surface area contributed by atoms with Crippen LogP contribution in [0.4, 0.5) is 14.9 Å². The maximum absolute atomic E-state index is 13.6. The number of carboxylic acid groups (broad SMARTS) is 1. The highest BCUT2D eigenvalue weighted by atomic mass is 19.1. The number of carbonyl (C=O) groups excluding carboxylic acids is 1. The van der Waals surface area contributed by atoms with E-state index in [-0.39, 0.29) is 22.2 Å². The normalized spacial score (nSPS) is 18.9. The number of quaternary nitrogens is 1. The Morgan fingerprint density at radius 2 is 1.86 bits per heavy atom. The van der Waals surface area contributed by atoms with Crippen LogP contribution in [0.5, 0.6) is 0 Å². The van der Waals surface area contributed by atoms with Crippen LogP contribution in [-0.2, 0) is 4.79 Å². The molecule has 1 aliphatic heterocycles. The van der Waals surface area contributed by atoms with Gasteiger partial charge in [-0.3, -0.25) is 4.79 Å². The topological polar surface area (TPSA) is 66.4 Å². The standard InChI is InChI=1S/C23H23FN2O3/c1-3-26(23(28)29)15-18(19-9-5-7-11-21(19)26)14-16(2)25-22(27)13-12-17-8-4-6-10-20(17)24/h4-13,15-16H,3,14H2,1-2H3,(H-,25,27,28,29)/p+1/t16-,26?/m1/s1. The average Bonchev–Trinajstić information content (AvgIpc) is 3.02. The number of nitrogens with zero attached hydrogens (tertiary/aromatic N) is 1. The zero-order valence-electron chi connectivity index (χ0n) is 16.4. The van der Waals surface area contributed by atoms with Gasteiger partial charge in [0.1, 0.15) is 12.0 Å². The van der Waals surface area contributed by atoms with Crippen molar-refractivity contribution in [3.63, 3.8) is 0 Å². The lowest BCUT2D eigenvalue weighted by molar-refractivity contribution is -0.116. The van der Waals surface area contributed by atoms with Gasteiger partial charge in [-0.25, -0.2) is 4.39 Å². The van der Waals surface area contributed by atoms with E-state index in [2.05, 4.69) is 5.32 Å². The Morgan fingerprint density at radius 3 is 2.55 bits per heavy atom. The predicted octanol–water partition coefficient (Wildman–Crippen LogP) is 4.79. The zero-order chi connectivity index (χ0) is 21.0. The highest BCUT2D eigenvalue weighted by Gasteiger charge is 2.44. The van der Waals surface area contributed by atoms with Crippen molar-refractivity contribution in [2.45, 2.75) is 26.3 Å². The van der Waals surface area contributed by atoms with Crippen LogP contribution in [0.2, 0.25) is 0 Å². The Bertz CT molecular complexity index is 999. The fourth-order valence-electron chi connectivity index (χ4n) is 3.66. The average molecular weight is 395 g/mol. The van der Waals surface area contributed by atoms with Crippen molar-refractivity contribution in [1.29, 1.82) is 0 Å². The minimum atomic E-state index is -0.931. The molecule has 0 radical (unpaired) electrons. The molecule has 0 aromatic heterocycles. The molecule has 150 valence electrons. The van der Waals surface area contributed by atoms with Gasteiger partial charge in [-0.15, -0.1) is 0 Å². The van der Waals surface area contributed by atoms with Gasteiger partial charge in [0, 0.05) is 34.9 Å². The van der Waals surface area contributed by atoms with Gasteiger partial charge in [0.2, 0.25) is 5.91 Å². The molecule has 0 saturated heterocycles. The number of halogens is 1. The van der Waals surface area contributed by atoms with Crippen molar-refractivity contribution in [1.82, 2.24) is 9.80 Å². The number of rotatable bonds is 6. The molecule has 0 bridgehead atoms. The van der Waals surface area contributed by atoms with E-state index in [1.165, 1.54) is 18.2 Å². The third-order valence-electron chi connectivity index (χ3n) is 5.13. The molecule has 0 fully saturated rings. The minimum Gasteiger partial charge on any atom is -0.435 e. The lowest BCUT2D eigenvalue weighted by Crippen LogP contribution is -2.47. The highest BCUT2D eigenvalue weighted by molar-refractivity contribution is 5.95. The molecule has 2 amide bonds. The smallest absolute Gasteiger partial charge is 0.435 e. The SMILES string of the molecule is CC[N+]1(C(=O)O)C=C(C[C@@H](C)NC(=O)C=Cc2ccccc2F)c2ccccc21. The van der Waals surface area contributed by atoms with E-state index < -0.39 is 6.09 Å². The number of fused-ring (bicyclic) bond motifs is 1. The summed E-state index contributed by atoms with van der Waals surface area (Å²) in [4.78, 5) is 24.2. The summed E-state index contributed by atoms with van der Waals surface area (Å²) in [5.74, 6) is -0.721. The summed E-state index contributed by atoms with van der Waals surface area (Å²) in [5.41, 5.74) is 2.85. The molecule has 1 unspecified atom stereocenters. The largest absolute Gasteiger partial charge is 0.523 e. The Hall–Kier alpha value is -3.25. The van der Waals surface area contributed by atoms with Crippen LogP contribution >= 0.6 is 0 Å². The van der Waals surface area contributed by atoms with Crippen LogP contribution in [0, 0.1) is 5.82 Å². The summed E-state index contributed by atoms with van der Waals surface area (Å²) in [6, 6.07) is 13.5. The molecular weight excluding hydrogens is 371 g/mol. The van der Waals surface area contributed by atoms with E-state index in [0.29, 0.717) is 18.5 Å². The Balaban J connectivity index is 1.73. The van der Waals surface area contributed by atoms with E-state index in [9.17, 15) is 19.1 Å². The van der Waals surface area contributed by atoms with Gasteiger partial charge in [0.15, 0.2) is 5.69 Å². The summed E-state index contributed by atoms with van der Waals surface area (Å²) in [5, 5.41) is 12.7. The van der Waals surface area contributed by atoms with Crippen molar-refractivity contribution in [3.05, 3.63) is 77.8 Å². The van der Waals surface area contributed by atoms with Crippen molar-refractivity contribution >= 4 is 29.3 Å². The van der Waals surface area contributed by atoms with Crippen molar-refractivity contribution in [2.75, 3.05) is 6.54 Å². The van der Waals surface area contributed by atoms with Crippen LogP contribution in [0.15, 0.2) is 60.8 Å². The quantitative estimate of drug-likeness (QED) is 0.546. The first kappa shape index (κ1) is 20.5. The minimum absolute atomic E-state index is 0.224. The molecule has 0 saturated carbocycles. The van der Waals surface area contributed by atoms with Gasteiger partial charge in [-0.1, -0.05) is 30.3 Å². The van der Waals surface area contributed by atoms with Gasteiger partial charge in [0.25, 0.3) is 0 Å². The molecule has 3 rings (SSSR count). The lowest BCUT2D eigenvalue weighted by atomic mass is 10.0. The Morgan fingerprint density at radius 1 is 1.17 bits per heavy atom. The number of amides is 2. The van der Waals surface area contributed by atoms with Crippen LogP contribution in [0.3, 0.4) is 0 Å². The van der Waals surface area contributed by atoms with E-state index in [0.717, 1.165) is 16.8 Å². The molecule has 0 aliphatic carbocycles. The summed E-state index contributed by atoms with van der Waals surface area (Å²) in [7, 11) is 0. The molecular formula is C23H24FN2O3+. The summed E-state index contributed by atoms with van der Waals surface area (Å²) in [6.07, 6.45) is 4.05. The van der Waals surface area contributed by atoms with Gasteiger partial charge in [-0.2, -0.15) is 9.28 Å². The van der Waals surface area contributed by atoms with Gasteiger partial charge in [0.05, 0.1) is 6.54 Å². The first-order valence-electron chi connectivity index (χ1n) is 9.53. The van der Waals surface area contributed by atoms with E-state index >= 15 is 0 Å². The molecule has 29 heavy (non-hydrogen) atoms.